The molecule has 0 bridgehead atoms. The Bertz CT molecular complexity index is 1140. The van der Waals surface area contributed by atoms with Gasteiger partial charge < -0.3 is 10.1 Å². The van der Waals surface area contributed by atoms with Gasteiger partial charge in [-0.05, 0) is 56.2 Å². The number of benzene rings is 2. The van der Waals surface area contributed by atoms with Crippen molar-refractivity contribution in [3.63, 3.8) is 0 Å². The van der Waals surface area contributed by atoms with Crippen LogP contribution in [0.5, 0.6) is 0 Å². The Morgan fingerprint density at radius 3 is 2.16 bits per heavy atom. The fraction of sp³-hybridized carbons (Fsp3) is 0.381. The first-order valence-corrected chi connectivity index (χ1v) is 13.0. The molecule has 2 N–H and O–H groups in total. The molecule has 1 aliphatic carbocycles. The average Bonchev–Trinajstić information content (AvgIpc) is 3.56. The van der Waals surface area contributed by atoms with E-state index in [1.54, 1.807) is 12.1 Å². The maximum Gasteiger partial charge on any atom is 0.243 e. The third-order valence-corrected chi connectivity index (χ3v) is 8.27. The van der Waals surface area contributed by atoms with E-state index >= 15 is 0 Å². The number of hydrogen-bond acceptors (Lipinski definition) is 6. The Labute approximate surface area is 188 Å². The minimum Gasteiger partial charge on any atom is -0.383 e. The van der Waals surface area contributed by atoms with Gasteiger partial charge in [0.2, 0.25) is 26.0 Å². The van der Waals surface area contributed by atoms with Crippen LogP contribution in [0.2, 0.25) is 0 Å². The minimum absolute atomic E-state index is 0.0103. The lowest BCUT2D eigenvalue weighted by molar-refractivity contribution is -0.116. The number of sulfonamides is 2. The number of anilines is 1. The first-order chi connectivity index (χ1) is 15.1. The molecule has 0 aliphatic heterocycles. The number of carbonyl (C=O) groups excluding carboxylic acids is 1. The zero-order valence-electron chi connectivity index (χ0n) is 17.9. The van der Waals surface area contributed by atoms with Gasteiger partial charge in [-0.15, -0.1) is 0 Å². The Morgan fingerprint density at radius 1 is 1.00 bits per heavy atom. The van der Waals surface area contributed by atoms with Crippen LogP contribution in [0.1, 0.15) is 18.4 Å². The molecule has 1 aliphatic rings. The van der Waals surface area contributed by atoms with Crippen molar-refractivity contribution in [2.45, 2.75) is 35.6 Å². The van der Waals surface area contributed by atoms with E-state index in [1.807, 2.05) is 19.1 Å². The smallest absolute Gasteiger partial charge is 0.243 e. The lowest BCUT2D eigenvalue weighted by Crippen LogP contribution is -2.40. The van der Waals surface area contributed by atoms with Crippen molar-refractivity contribution in [1.29, 1.82) is 0 Å². The molecule has 32 heavy (non-hydrogen) atoms. The lowest BCUT2D eigenvalue weighted by Gasteiger charge is -2.21. The number of nitrogens with zero attached hydrogens (tertiary/aromatic N) is 1. The van der Waals surface area contributed by atoms with Crippen molar-refractivity contribution < 1.29 is 26.4 Å². The van der Waals surface area contributed by atoms with E-state index in [2.05, 4.69) is 10.0 Å². The van der Waals surface area contributed by atoms with Crippen LogP contribution in [0.15, 0.2) is 58.3 Å². The van der Waals surface area contributed by atoms with Gasteiger partial charge >= 0.3 is 0 Å². The molecule has 0 saturated heterocycles. The SMILES string of the molecule is COCCN(CC(=O)Nc1ccc(C)cc1)S(=O)(=O)c1ccc(S(=O)(=O)NC2CC2)cc1. The van der Waals surface area contributed by atoms with Crippen molar-refractivity contribution in [2.24, 2.45) is 0 Å². The quantitative estimate of drug-likeness (QED) is 0.504. The summed E-state index contributed by atoms with van der Waals surface area (Å²) in [6, 6.07) is 12.0. The van der Waals surface area contributed by atoms with Crippen molar-refractivity contribution in [3.8, 4) is 0 Å². The van der Waals surface area contributed by atoms with Crippen LogP contribution in [0.3, 0.4) is 0 Å². The number of hydrogen-bond donors (Lipinski definition) is 2. The summed E-state index contributed by atoms with van der Waals surface area (Å²) in [4.78, 5) is 12.4. The van der Waals surface area contributed by atoms with E-state index in [4.69, 9.17) is 4.74 Å². The molecule has 0 heterocycles. The Hall–Kier alpha value is -2.31. The second-order valence-electron chi connectivity index (χ2n) is 7.61. The summed E-state index contributed by atoms with van der Waals surface area (Å²) in [6.07, 6.45) is 1.59. The standard InChI is InChI=1S/C21H27N3O6S2/c1-16-3-5-17(6-4-16)22-21(25)15-24(13-14-30-2)32(28,29)20-11-9-19(10-12-20)31(26,27)23-18-7-8-18/h3-6,9-12,18,23H,7-8,13-15H2,1-2H3,(H,22,25). The monoisotopic (exact) mass is 481 g/mol. The number of nitrogens with one attached hydrogen (secondary N) is 2. The van der Waals surface area contributed by atoms with E-state index in [-0.39, 0.29) is 29.0 Å². The maximum absolute atomic E-state index is 13.1. The predicted octanol–water partition coefficient (Wildman–Crippen LogP) is 1.71. The molecule has 0 aromatic heterocycles. The second kappa shape index (κ2) is 10.1. The molecule has 9 nitrogen and oxygen atoms in total. The number of aryl methyl sites for hydroxylation is 1. The molecule has 0 radical (unpaired) electrons. The summed E-state index contributed by atoms with van der Waals surface area (Å²) in [7, 11) is -6.32. The number of rotatable bonds is 11. The van der Waals surface area contributed by atoms with E-state index in [9.17, 15) is 21.6 Å². The van der Waals surface area contributed by atoms with E-state index in [1.165, 1.54) is 31.4 Å². The maximum atomic E-state index is 13.1. The van der Waals surface area contributed by atoms with Gasteiger partial charge in [-0.25, -0.2) is 21.6 Å². The highest BCUT2D eigenvalue weighted by molar-refractivity contribution is 7.89. The van der Waals surface area contributed by atoms with Crippen molar-refractivity contribution >= 4 is 31.6 Å². The number of carbonyl (C=O) groups is 1. The largest absolute Gasteiger partial charge is 0.383 e. The third-order valence-electron chi connectivity index (χ3n) is 4.87. The Balaban J connectivity index is 1.76. The summed E-state index contributed by atoms with van der Waals surface area (Å²) >= 11 is 0. The van der Waals surface area contributed by atoms with Gasteiger partial charge in [0, 0.05) is 25.4 Å². The summed E-state index contributed by atoms with van der Waals surface area (Å²) in [5, 5.41) is 2.68. The van der Waals surface area contributed by atoms with Gasteiger partial charge in [0.05, 0.1) is 22.9 Å². The highest BCUT2D eigenvalue weighted by Crippen LogP contribution is 2.23. The first-order valence-electron chi connectivity index (χ1n) is 10.1. The lowest BCUT2D eigenvalue weighted by atomic mass is 10.2. The van der Waals surface area contributed by atoms with Crippen LogP contribution in [0.4, 0.5) is 5.69 Å². The van der Waals surface area contributed by atoms with Crippen LogP contribution in [0, 0.1) is 6.92 Å². The summed E-state index contributed by atoms with van der Waals surface area (Å²) in [5.41, 5.74) is 1.59. The molecule has 0 atom stereocenters. The van der Waals surface area contributed by atoms with Gasteiger partial charge in [-0.3, -0.25) is 4.79 Å². The average molecular weight is 482 g/mol. The summed E-state index contributed by atoms with van der Waals surface area (Å²) < 4.78 is 59.5. The highest BCUT2D eigenvalue weighted by Gasteiger charge is 2.30. The predicted molar refractivity (Wildman–Crippen MR) is 120 cm³/mol. The van der Waals surface area contributed by atoms with E-state index in [0.29, 0.717) is 5.69 Å². The number of ether oxygens (including phenoxy) is 1. The number of amides is 1. The molecular weight excluding hydrogens is 454 g/mol. The molecule has 174 valence electrons. The van der Waals surface area contributed by atoms with Crippen molar-refractivity contribution in [2.75, 3.05) is 32.1 Å². The fourth-order valence-electron chi connectivity index (χ4n) is 2.90. The fourth-order valence-corrected chi connectivity index (χ4v) is 5.59. The minimum atomic E-state index is -4.06. The Kier molecular flexibility index (Phi) is 7.67. The molecule has 11 heteroatoms. The summed E-state index contributed by atoms with van der Waals surface area (Å²) in [6.45, 7) is 1.56. The molecule has 1 saturated carbocycles. The third kappa shape index (κ3) is 6.36. The molecule has 2 aromatic rings. The van der Waals surface area contributed by atoms with E-state index in [0.717, 1.165) is 22.7 Å². The zero-order valence-corrected chi connectivity index (χ0v) is 19.6. The first kappa shape index (κ1) is 24.3. The van der Waals surface area contributed by atoms with Crippen LogP contribution in [-0.4, -0.2) is 59.9 Å². The molecule has 0 spiro atoms. The van der Waals surface area contributed by atoms with Gasteiger partial charge in [0.25, 0.3) is 0 Å². The molecule has 1 fully saturated rings. The van der Waals surface area contributed by atoms with Crippen LogP contribution in [-0.2, 0) is 29.6 Å². The van der Waals surface area contributed by atoms with Crippen molar-refractivity contribution in [1.82, 2.24) is 9.03 Å². The second-order valence-corrected chi connectivity index (χ2v) is 11.3. The van der Waals surface area contributed by atoms with Gasteiger partial charge in [0.1, 0.15) is 0 Å². The number of methoxy groups -OCH3 is 1. The molecule has 2 aromatic carbocycles. The van der Waals surface area contributed by atoms with Crippen LogP contribution >= 0.6 is 0 Å². The Morgan fingerprint density at radius 2 is 1.59 bits per heavy atom. The molecular formula is C21H27N3O6S2. The normalized spacial score (nSPS) is 14.5. The zero-order chi connectivity index (χ0) is 23.4. The molecule has 3 rings (SSSR count). The molecule has 0 unspecified atom stereocenters. The topological polar surface area (TPSA) is 122 Å². The van der Waals surface area contributed by atoms with Gasteiger partial charge in [-0.2, -0.15) is 4.31 Å². The van der Waals surface area contributed by atoms with E-state index < -0.39 is 32.5 Å². The van der Waals surface area contributed by atoms with Crippen molar-refractivity contribution in [3.05, 3.63) is 54.1 Å². The van der Waals surface area contributed by atoms with Crippen LogP contribution in [0.25, 0.3) is 0 Å². The molecule has 1 amide bonds. The summed E-state index contributed by atoms with van der Waals surface area (Å²) in [5.74, 6) is -0.499. The van der Waals surface area contributed by atoms with Crippen LogP contribution < -0.4 is 10.0 Å². The van der Waals surface area contributed by atoms with Gasteiger partial charge in [-0.1, -0.05) is 17.7 Å². The highest BCUT2D eigenvalue weighted by atomic mass is 32.2. The van der Waals surface area contributed by atoms with Gasteiger partial charge in [0.15, 0.2) is 0 Å².